The molecule has 0 aliphatic rings. The molecule has 0 bridgehead atoms. The normalized spacial score (nSPS) is 10.8. The van der Waals surface area contributed by atoms with Crippen molar-refractivity contribution in [1.82, 2.24) is 10.6 Å². The third-order valence-corrected chi connectivity index (χ3v) is 3.51. The monoisotopic (exact) mass is 351 g/mol. The fourth-order valence-electron chi connectivity index (χ4n) is 2.44. The number of Topliss-reactive ketones (excluding diaryl/α,β-unsaturated/α-hetero) is 1. The molecule has 0 aliphatic heterocycles. The summed E-state index contributed by atoms with van der Waals surface area (Å²) in [6, 6.07) is 6.79. The predicted octanol–water partition coefficient (Wildman–Crippen LogP) is 1.85. The molecule has 0 fully saturated rings. The number of benzene rings is 1. The van der Waals surface area contributed by atoms with E-state index in [4.69, 9.17) is 5.26 Å². The molecule has 134 valence electrons. The number of rotatable bonds is 7. The van der Waals surface area contributed by atoms with E-state index < -0.39 is 11.7 Å². The fourth-order valence-corrected chi connectivity index (χ4v) is 2.44. The molecule has 0 unspecified atom stereocenters. The van der Waals surface area contributed by atoms with Crippen LogP contribution >= 0.6 is 0 Å². The third-order valence-electron chi connectivity index (χ3n) is 3.51. The van der Waals surface area contributed by atoms with Crippen molar-refractivity contribution >= 4 is 18.1 Å². The van der Waals surface area contributed by atoms with Gasteiger partial charge in [0.15, 0.2) is 0 Å². The zero-order valence-corrected chi connectivity index (χ0v) is 15.3. The fraction of sp³-hybridized carbons (Fsp3) is 0.300. The Kier molecular flexibility index (Phi) is 7.79. The van der Waals surface area contributed by atoms with Crippen molar-refractivity contribution in [3.8, 4) is 17.9 Å². The minimum Gasteiger partial charge on any atom is -0.371 e. The van der Waals surface area contributed by atoms with Gasteiger partial charge in [-0.2, -0.15) is 5.26 Å². The second-order valence-corrected chi connectivity index (χ2v) is 5.84. The van der Waals surface area contributed by atoms with Crippen LogP contribution in [0.2, 0.25) is 0 Å². The molecule has 0 radical (unpaired) electrons. The number of aryl methyl sites for hydroxylation is 1. The standard InChI is InChI=1S/C20H21N3O3/c1-5-6-7-22-18(17(13(2)3)20(26)23-12-24)19(25)16-9-14(4)8-15(10-16)11-21/h8-10,12-13,22H,7H2,1-4H3,(H,23,24,26)/b18-17-. The van der Waals surface area contributed by atoms with Crippen molar-refractivity contribution in [2.45, 2.75) is 27.7 Å². The number of nitrogens with zero attached hydrogens (tertiary/aromatic N) is 1. The molecule has 0 saturated heterocycles. The third kappa shape index (κ3) is 5.32. The Morgan fingerprint density at radius 2 is 1.96 bits per heavy atom. The largest absolute Gasteiger partial charge is 0.371 e. The number of nitriles is 1. The lowest BCUT2D eigenvalue weighted by Crippen LogP contribution is -2.33. The lowest BCUT2D eigenvalue weighted by molar-refractivity contribution is -0.122. The molecule has 1 rings (SSSR count). The number of hydrogen-bond acceptors (Lipinski definition) is 5. The van der Waals surface area contributed by atoms with Gasteiger partial charge < -0.3 is 5.32 Å². The Balaban J connectivity index is 3.54. The van der Waals surface area contributed by atoms with Gasteiger partial charge in [0.05, 0.1) is 23.9 Å². The summed E-state index contributed by atoms with van der Waals surface area (Å²) in [6.45, 7) is 7.10. The number of ketones is 1. The van der Waals surface area contributed by atoms with Crippen LogP contribution in [0.15, 0.2) is 29.5 Å². The first-order chi connectivity index (χ1) is 12.3. The summed E-state index contributed by atoms with van der Waals surface area (Å²) < 4.78 is 0. The van der Waals surface area contributed by atoms with Crippen molar-refractivity contribution in [1.29, 1.82) is 5.26 Å². The summed E-state index contributed by atoms with van der Waals surface area (Å²) in [7, 11) is 0. The average Bonchev–Trinajstić information content (AvgIpc) is 2.59. The van der Waals surface area contributed by atoms with Gasteiger partial charge in [0, 0.05) is 11.1 Å². The van der Waals surface area contributed by atoms with Crippen LogP contribution in [0.5, 0.6) is 0 Å². The number of carbonyl (C=O) groups is 3. The Morgan fingerprint density at radius 1 is 1.27 bits per heavy atom. The van der Waals surface area contributed by atoms with Gasteiger partial charge in [0.2, 0.25) is 12.2 Å². The molecule has 0 aromatic heterocycles. The van der Waals surface area contributed by atoms with Gasteiger partial charge in [-0.15, -0.1) is 5.92 Å². The first kappa shape index (κ1) is 20.7. The SMILES string of the molecule is CC#CCN/C(C(=O)c1cc(C)cc(C#N)c1)=C(\C(=O)NC=O)C(C)C. The summed E-state index contributed by atoms with van der Waals surface area (Å²) >= 11 is 0. The van der Waals surface area contributed by atoms with Crippen LogP contribution < -0.4 is 10.6 Å². The van der Waals surface area contributed by atoms with E-state index in [9.17, 15) is 14.4 Å². The predicted molar refractivity (Wildman–Crippen MR) is 97.7 cm³/mol. The van der Waals surface area contributed by atoms with Gasteiger partial charge in [-0.3, -0.25) is 19.7 Å². The minimum absolute atomic E-state index is 0.0663. The van der Waals surface area contributed by atoms with E-state index in [2.05, 4.69) is 22.5 Å². The van der Waals surface area contributed by atoms with E-state index in [0.717, 1.165) is 5.56 Å². The molecule has 0 spiro atoms. The molecule has 6 nitrogen and oxygen atoms in total. The molecule has 6 heteroatoms. The lowest BCUT2D eigenvalue weighted by Gasteiger charge is -2.17. The van der Waals surface area contributed by atoms with E-state index in [1.807, 2.05) is 6.07 Å². The molecular formula is C20H21N3O3. The van der Waals surface area contributed by atoms with Crippen LogP contribution in [0.3, 0.4) is 0 Å². The molecule has 1 aromatic rings. The summed E-state index contributed by atoms with van der Waals surface area (Å²) in [4.78, 5) is 36.0. The van der Waals surface area contributed by atoms with Gasteiger partial charge in [0.25, 0.3) is 5.91 Å². The summed E-state index contributed by atoms with van der Waals surface area (Å²) in [6.07, 6.45) is 0.277. The minimum atomic E-state index is -0.650. The average molecular weight is 351 g/mol. The first-order valence-corrected chi connectivity index (χ1v) is 8.04. The molecule has 1 aromatic carbocycles. The van der Waals surface area contributed by atoms with Crippen molar-refractivity contribution < 1.29 is 14.4 Å². The molecule has 0 heterocycles. The van der Waals surface area contributed by atoms with Crippen LogP contribution in [0.4, 0.5) is 0 Å². The Labute approximate surface area is 153 Å². The molecule has 0 saturated carbocycles. The summed E-state index contributed by atoms with van der Waals surface area (Å²) in [5, 5.41) is 14.1. The second-order valence-electron chi connectivity index (χ2n) is 5.84. The van der Waals surface area contributed by atoms with E-state index in [-0.39, 0.29) is 35.7 Å². The number of nitrogens with one attached hydrogen (secondary N) is 2. The smallest absolute Gasteiger partial charge is 0.256 e. The van der Waals surface area contributed by atoms with Gasteiger partial charge in [0.1, 0.15) is 0 Å². The van der Waals surface area contributed by atoms with Gasteiger partial charge >= 0.3 is 0 Å². The molecule has 2 N–H and O–H groups in total. The highest BCUT2D eigenvalue weighted by molar-refractivity contribution is 6.14. The van der Waals surface area contributed by atoms with E-state index in [1.54, 1.807) is 39.8 Å². The Hall–Kier alpha value is -3.38. The lowest BCUT2D eigenvalue weighted by atomic mass is 9.94. The number of hydrogen-bond donors (Lipinski definition) is 2. The molecule has 2 amide bonds. The Morgan fingerprint density at radius 3 is 2.50 bits per heavy atom. The zero-order valence-electron chi connectivity index (χ0n) is 15.3. The Bertz CT molecular complexity index is 849. The maximum Gasteiger partial charge on any atom is 0.256 e. The molecule has 26 heavy (non-hydrogen) atoms. The molecular weight excluding hydrogens is 330 g/mol. The highest BCUT2D eigenvalue weighted by Crippen LogP contribution is 2.19. The van der Waals surface area contributed by atoms with Gasteiger partial charge in [-0.25, -0.2) is 0 Å². The zero-order chi connectivity index (χ0) is 19.7. The van der Waals surface area contributed by atoms with E-state index in [0.29, 0.717) is 5.56 Å². The highest BCUT2D eigenvalue weighted by atomic mass is 16.2. The van der Waals surface area contributed by atoms with Crippen molar-refractivity contribution in [3.05, 3.63) is 46.2 Å². The van der Waals surface area contributed by atoms with Crippen molar-refractivity contribution in [3.63, 3.8) is 0 Å². The van der Waals surface area contributed by atoms with E-state index >= 15 is 0 Å². The van der Waals surface area contributed by atoms with Crippen LogP contribution in [0.1, 0.15) is 42.3 Å². The van der Waals surface area contributed by atoms with Crippen LogP contribution in [0.25, 0.3) is 0 Å². The number of carbonyl (C=O) groups excluding carboxylic acids is 3. The van der Waals surface area contributed by atoms with E-state index in [1.165, 1.54) is 6.07 Å². The maximum absolute atomic E-state index is 13.1. The van der Waals surface area contributed by atoms with Gasteiger partial charge in [-0.05, 0) is 43.5 Å². The quantitative estimate of drug-likeness (QED) is 0.338. The number of imide groups is 1. The summed E-state index contributed by atoms with van der Waals surface area (Å²) in [5.74, 6) is 4.08. The molecule has 0 aliphatic carbocycles. The maximum atomic E-state index is 13.1. The second kappa shape index (κ2) is 9.80. The van der Waals surface area contributed by atoms with Crippen molar-refractivity contribution in [2.24, 2.45) is 5.92 Å². The van der Waals surface area contributed by atoms with Crippen LogP contribution in [0, 0.1) is 36.0 Å². The van der Waals surface area contributed by atoms with Crippen LogP contribution in [-0.4, -0.2) is 24.6 Å². The van der Waals surface area contributed by atoms with Gasteiger partial charge in [-0.1, -0.05) is 19.8 Å². The molecule has 0 atom stereocenters. The summed E-state index contributed by atoms with van der Waals surface area (Å²) in [5.41, 5.74) is 1.61. The number of allylic oxidation sites excluding steroid dienone is 1. The highest BCUT2D eigenvalue weighted by Gasteiger charge is 2.24. The number of amides is 2. The topological polar surface area (TPSA) is 99.1 Å². The van der Waals surface area contributed by atoms with Crippen molar-refractivity contribution in [2.75, 3.05) is 6.54 Å². The first-order valence-electron chi connectivity index (χ1n) is 8.04. The van der Waals surface area contributed by atoms with Crippen LogP contribution in [-0.2, 0) is 9.59 Å².